The highest BCUT2D eigenvalue weighted by Crippen LogP contribution is 2.50. The molecule has 20 nitrogen and oxygen atoms in total. The van der Waals surface area contributed by atoms with E-state index in [4.69, 9.17) is 28.0 Å². The lowest BCUT2D eigenvalue weighted by Gasteiger charge is -2.33. The van der Waals surface area contributed by atoms with Gasteiger partial charge in [0.2, 0.25) is 11.5 Å². The summed E-state index contributed by atoms with van der Waals surface area (Å²) in [5, 5.41) is 21.3. The Morgan fingerprint density at radius 3 is 2.03 bits per heavy atom. The van der Waals surface area contributed by atoms with Crippen LogP contribution in [0.1, 0.15) is 57.2 Å². The zero-order chi connectivity index (χ0) is 45.6. The number of likely N-dealkylation sites (tertiary alicyclic amines) is 3. The molecule has 1 amide bonds. The second-order valence-electron chi connectivity index (χ2n) is 17.2. The van der Waals surface area contributed by atoms with Gasteiger partial charge in [-0.05, 0) is 130 Å². The van der Waals surface area contributed by atoms with Crippen molar-refractivity contribution in [3.8, 4) is 11.8 Å². The molecule has 346 valence electrons. The highest BCUT2D eigenvalue weighted by Gasteiger charge is 2.63. The third kappa shape index (κ3) is 10.7. The first-order valence-electron chi connectivity index (χ1n) is 21.8. The molecule has 0 radical (unpaired) electrons. The predicted octanol–water partition coefficient (Wildman–Crippen LogP) is 3.21. The van der Waals surface area contributed by atoms with Gasteiger partial charge in [0, 0.05) is 5.92 Å². The number of rotatable bonds is 15. The minimum atomic E-state index is -4.61. The number of fused-ring (bicyclic) bond motifs is 1. The van der Waals surface area contributed by atoms with Gasteiger partial charge in [0.05, 0.1) is 24.6 Å². The van der Waals surface area contributed by atoms with E-state index in [9.17, 15) is 29.0 Å². The van der Waals surface area contributed by atoms with Crippen LogP contribution in [0.2, 0.25) is 0 Å². The summed E-state index contributed by atoms with van der Waals surface area (Å²) in [5.41, 5.74) is -1.65. The Kier molecular flexibility index (Phi) is 15.0. The first kappa shape index (κ1) is 47.0. The number of methoxy groups -OCH3 is 1. The number of carbonyl (C=O) groups is 4. The van der Waals surface area contributed by atoms with Gasteiger partial charge in [0.25, 0.3) is 0 Å². The Morgan fingerprint density at radius 2 is 1.45 bits per heavy atom. The van der Waals surface area contributed by atoms with E-state index in [1.54, 1.807) is 30.3 Å². The lowest BCUT2D eigenvalue weighted by molar-refractivity contribution is -0.176. The van der Waals surface area contributed by atoms with Crippen LogP contribution >= 0.6 is 7.75 Å². The number of hydrogen-bond acceptors (Lipinski definition) is 17. The number of nitrogens with one attached hydrogen (secondary N) is 2. The molecule has 0 spiro atoms. The number of benzene rings is 1. The first-order valence-corrected chi connectivity index (χ1v) is 23.3. The molecule has 4 aliphatic rings. The molecule has 0 bridgehead atoms. The number of hydrogen-bond donors (Lipinski definition) is 2. The molecule has 0 aliphatic carbocycles. The molecule has 0 saturated carbocycles. The van der Waals surface area contributed by atoms with Gasteiger partial charge < -0.3 is 43.5 Å². The van der Waals surface area contributed by atoms with Crippen LogP contribution in [0.4, 0.5) is 5.82 Å². The van der Waals surface area contributed by atoms with Crippen molar-refractivity contribution < 1.29 is 51.7 Å². The maximum absolute atomic E-state index is 14.7. The number of para-hydroxylation sites is 1. The molecule has 2 aromatic heterocycles. The Morgan fingerprint density at radius 1 is 0.875 bits per heavy atom. The zero-order valence-electron chi connectivity index (χ0n) is 36.9. The third-order valence-corrected chi connectivity index (χ3v) is 14.2. The molecular formula is C43H58N9O11P. The number of piperidine rings is 3. The molecule has 3 aromatic rings. The fraction of sp³-hybridized carbons (Fsp3) is 0.605. The maximum Gasteiger partial charge on any atom is 0.459 e. The number of amides is 1. The molecule has 4 fully saturated rings. The minimum absolute atomic E-state index is 0.111. The summed E-state index contributed by atoms with van der Waals surface area (Å²) >= 11 is 0. The topological polar surface area (TPSA) is 228 Å². The van der Waals surface area contributed by atoms with E-state index in [2.05, 4.69) is 41.3 Å². The normalized spacial score (nSPS) is 25.8. The number of nitriles is 1. The van der Waals surface area contributed by atoms with Gasteiger partial charge in [-0.3, -0.25) is 23.7 Å². The molecular weight excluding hydrogens is 849 g/mol. The molecule has 4 saturated heterocycles. The van der Waals surface area contributed by atoms with Crippen LogP contribution < -0.4 is 14.9 Å². The van der Waals surface area contributed by atoms with Crippen LogP contribution in [0, 0.1) is 29.1 Å². The molecule has 2 N–H and O–H groups in total. The number of esters is 3. The van der Waals surface area contributed by atoms with Gasteiger partial charge in [-0.1, -0.05) is 18.2 Å². The van der Waals surface area contributed by atoms with Crippen molar-refractivity contribution in [2.24, 2.45) is 17.8 Å². The maximum atomic E-state index is 14.7. The van der Waals surface area contributed by atoms with Crippen LogP contribution in [0.15, 0.2) is 48.8 Å². The molecule has 1 aromatic carbocycles. The molecule has 64 heavy (non-hydrogen) atoms. The van der Waals surface area contributed by atoms with E-state index in [-0.39, 0.29) is 29.1 Å². The Bertz CT molecular complexity index is 2220. The summed E-state index contributed by atoms with van der Waals surface area (Å²) in [6.07, 6.45) is 0.140. The number of carbonyl (C=O) groups excluding carboxylic acids is 4. The van der Waals surface area contributed by atoms with Gasteiger partial charge >= 0.3 is 25.7 Å². The molecule has 21 heteroatoms. The Hall–Kier alpha value is -5.00. The summed E-state index contributed by atoms with van der Waals surface area (Å²) in [6.45, 7) is 4.64. The fourth-order valence-corrected chi connectivity index (χ4v) is 10.1. The molecule has 7 rings (SSSR count). The summed E-state index contributed by atoms with van der Waals surface area (Å²) in [4.78, 5) is 65.3. The minimum Gasteiger partial charge on any atom is -0.468 e. The number of aromatic nitrogens is 3. The average Bonchev–Trinajstić information content (AvgIpc) is 3.85. The van der Waals surface area contributed by atoms with Crippen LogP contribution in [0.25, 0.3) is 5.52 Å². The van der Waals surface area contributed by atoms with Crippen LogP contribution in [-0.2, 0) is 47.2 Å². The van der Waals surface area contributed by atoms with E-state index >= 15 is 0 Å². The van der Waals surface area contributed by atoms with Gasteiger partial charge in [-0.15, -0.1) is 0 Å². The van der Waals surface area contributed by atoms with Crippen molar-refractivity contribution in [2.45, 2.75) is 75.4 Å². The smallest absolute Gasteiger partial charge is 0.459 e. The number of ether oxygens (including phenoxy) is 4. The predicted molar refractivity (Wildman–Crippen MR) is 229 cm³/mol. The van der Waals surface area contributed by atoms with Crippen molar-refractivity contribution in [3.63, 3.8) is 0 Å². The van der Waals surface area contributed by atoms with Gasteiger partial charge in [-0.25, -0.2) is 14.1 Å². The van der Waals surface area contributed by atoms with E-state index in [0.717, 1.165) is 13.1 Å². The van der Waals surface area contributed by atoms with Crippen LogP contribution in [0.3, 0.4) is 0 Å². The highest BCUT2D eigenvalue weighted by molar-refractivity contribution is 7.52. The van der Waals surface area contributed by atoms with Crippen molar-refractivity contribution in [1.82, 2.24) is 34.4 Å². The molecule has 6 heterocycles. The van der Waals surface area contributed by atoms with Crippen LogP contribution in [-0.4, -0.2) is 151 Å². The van der Waals surface area contributed by atoms with Gasteiger partial charge in [0.15, 0.2) is 18.0 Å². The van der Waals surface area contributed by atoms with E-state index in [1.807, 2.05) is 21.1 Å². The standard InChI is InChI=1S/C43H58N9O11P/c1-28(40(54)58-5)48-64(57,63-32-9-7-6-8-10-32)59-26-43(25-44)37(61-42(56)31-17-23-51(4)24-18-31)36(60-41(55)30-15-21-50(3)22-16-30)35(62-43)33-11-12-34-38(45-27-46-52(33)34)47-39(53)29-13-19-49(2)20-14-29/h6-12,27-31,35-37H,13-24,26H2,1-5H3,(H,48,57)(H,45,46,47,53)/t28?,35-,36-,37-,43+,64-/m0/s1. The third-order valence-electron chi connectivity index (χ3n) is 12.6. The lowest BCUT2D eigenvalue weighted by Crippen LogP contribution is -2.51. The van der Waals surface area contributed by atoms with Crippen molar-refractivity contribution >= 4 is 42.9 Å². The Balaban J connectivity index is 1.28. The van der Waals surface area contributed by atoms with Crippen molar-refractivity contribution in [3.05, 3.63) is 54.5 Å². The number of nitrogens with zero attached hydrogens (tertiary/aromatic N) is 7. The largest absolute Gasteiger partial charge is 0.468 e. The second kappa shape index (κ2) is 20.4. The molecule has 6 atom stereocenters. The van der Waals surface area contributed by atoms with E-state index < -0.39 is 74.1 Å². The van der Waals surface area contributed by atoms with E-state index in [0.29, 0.717) is 70.2 Å². The monoisotopic (exact) mass is 907 g/mol. The number of anilines is 1. The summed E-state index contributed by atoms with van der Waals surface area (Å²) in [6, 6.07) is 12.3. The summed E-state index contributed by atoms with van der Waals surface area (Å²) < 4.78 is 52.3. The summed E-state index contributed by atoms with van der Waals surface area (Å²) in [7, 11) is 2.50. The van der Waals surface area contributed by atoms with Crippen molar-refractivity contribution in [1.29, 1.82) is 5.26 Å². The van der Waals surface area contributed by atoms with Gasteiger partial charge in [0.1, 0.15) is 42.4 Å². The highest BCUT2D eigenvalue weighted by atomic mass is 31.2. The van der Waals surface area contributed by atoms with E-state index in [1.165, 1.54) is 37.0 Å². The zero-order valence-corrected chi connectivity index (χ0v) is 37.8. The second-order valence-corrected chi connectivity index (χ2v) is 18.9. The SMILES string of the molecule is COC(=O)C(C)N[P@](=O)(OC[C@@]1(C#N)O[C@@H](c2ccc3c(NC(=O)C4CCN(C)CC4)ncnn23)[C@H](OC(=O)C2CCN(C)CC2)[C@@H]1OC(=O)C1CCN(C)CC1)Oc1ccccc1. The molecule has 4 aliphatic heterocycles. The molecule has 1 unspecified atom stereocenters. The lowest BCUT2D eigenvalue weighted by atomic mass is 9.93. The summed E-state index contributed by atoms with van der Waals surface area (Å²) in [5.74, 6) is -3.10. The first-order chi connectivity index (χ1) is 30.7. The van der Waals surface area contributed by atoms with Crippen molar-refractivity contribution in [2.75, 3.05) is 79.4 Å². The average molecular weight is 908 g/mol. The quantitative estimate of drug-likeness (QED) is 0.127. The fourth-order valence-electron chi connectivity index (χ4n) is 8.59. The van der Waals surface area contributed by atoms with Gasteiger partial charge in [-0.2, -0.15) is 15.4 Å². The van der Waals surface area contributed by atoms with Crippen LogP contribution in [0.5, 0.6) is 5.75 Å². The Labute approximate surface area is 372 Å².